The highest BCUT2D eigenvalue weighted by molar-refractivity contribution is 6.32. The molecular formula is C22H24ClFN2O3. The molecule has 1 aliphatic heterocycles. The molecule has 2 amide bonds. The molecule has 0 atom stereocenters. The Bertz CT molecular complexity index is 870. The van der Waals surface area contributed by atoms with Crippen LogP contribution < -0.4 is 10.1 Å². The first-order chi connectivity index (χ1) is 13.8. The molecule has 0 unspecified atom stereocenters. The molecule has 5 nitrogen and oxygen atoms in total. The number of piperidine rings is 1. The van der Waals surface area contributed by atoms with Crippen LogP contribution in [0.15, 0.2) is 36.4 Å². The fraction of sp³-hybridized carbons (Fsp3) is 0.364. The third kappa shape index (κ3) is 5.48. The van der Waals surface area contributed by atoms with Gasteiger partial charge in [0.25, 0.3) is 11.8 Å². The molecule has 29 heavy (non-hydrogen) atoms. The van der Waals surface area contributed by atoms with Gasteiger partial charge < -0.3 is 15.0 Å². The highest BCUT2D eigenvalue weighted by Gasteiger charge is 2.24. The van der Waals surface area contributed by atoms with Crippen molar-refractivity contribution in [3.8, 4) is 5.75 Å². The average molecular weight is 419 g/mol. The monoisotopic (exact) mass is 418 g/mol. The first kappa shape index (κ1) is 21.1. The predicted molar refractivity (Wildman–Crippen MR) is 110 cm³/mol. The van der Waals surface area contributed by atoms with Crippen molar-refractivity contribution in [1.82, 2.24) is 10.2 Å². The summed E-state index contributed by atoms with van der Waals surface area (Å²) < 4.78 is 18.6. The summed E-state index contributed by atoms with van der Waals surface area (Å²) in [5, 5.41) is 3.65. The van der Waals surface area contributed by atoms with E-state index in [0.29, 0.717) is 42.3 Å². The van der Waals surface area contributed by atoms with Gasteiger partial charge in [0.05, 0.1) is 0 Å². The van der Waals surface area contributed by atoms with Gasteiger partial charge in [-0.3, -0.25) is 9.59 Å². The van der Waals surface area contributed by atoms with E-state index in [1.54, 1.807) is 4.90 Å². The van der Waals surface area contributed by atoms with E-state index in [0.717, 1.165) is 11.1 Å². The van der Waals surface area contributed by atoms with Gasteiger partial charge >= 0.3 is 0 Å². The number of likely N-dealkylation sites (tertiary alicyclic amines) is 1. The van der Waals surface area contributed by atoms with E-state index in [-0.39, 0.29) is 30.3 Å². The topological polar surface area (TPSA) is 58.6 Å². The molecule has 1 N–H and O–H groups in total. The quantitative estimate of drug-likeness (QED) is 0.801. The van der Waals surface area contributed by atoms with Crippen LogP contribution in [0.1, 0.15) is 34.3 Å². The number of amides is 2. The van der Waals surface area contributed by atoms with Crippen molar-refractivity contribution in [2.45, 2.75) is 32.7 Å². The van der Waals surface area contributed by atoms with Gasteiger partial charge in [-0.05, 0) is 74.2 Å². The van der Waals surface area contributed by atoms with Crippen LogP contribution in [0.4, 0.5) is 4.39 Å². The van der Waals surface area contributed by atoms with E-state index in [2.05, 4.69) is 5.32 Å². The number of rotatable bonds is 5. The minimum Gasteiger partial charge on any atom is -0.484 e. The van der Waals surface area contributed by atoms with Crippen molar-refractivity contribution in [2.75, 3.05) is 19.7 Å². The average Bonchev–Trinajstić information content (AvgIpc) is 2.71. The number of hydrogen-bond donors (Lipinski definition) is 1. The maximum atomic E-state index is 13.0. The zero-order chi connectivity index (χ0) is 21.0. The predicted octanol–water partition coefficient (Wildman–Crippen LogP) is 3.90. The van der Waals surface area contributed by atoms with E-state index in [1.165, 1.54) is 24.3 Å². The molecule has 0 aromatic heterocycles. The summed E-state index contributed by atoms with van der Waals surface area (Å²) >= 11 is 6.15. The van der Waals surface area contributed by atoms with Crippen LogP contribution in [0.25, 0.3) is 0 Å². The smallest absolute Gasteiger partial charge is 0.260 e. The lowest BCUT2D eigenvalue weighted by Gasteiger charge is -2.32. The molecule has 2 aromatic rings. The Labute approximate surface area is 174 Å². The Balaban J connectivity index is 1.45. The minimum atomic E-state index is -0.375. The van der Waals surface area contributed by atoms with Gasteiger partial charge in [-0.15, -0.1) is 0 Å². The van der Waals surface area contributed by atoms with Crippen molar-refractivity contribution < 1.29 is 18.7 Å². The summed E-state index contributed by atoms with van der Waals surface area (Å²) in [5.41, 5.74) is 2.24. The molecule has 7 heteroatoms. The third-order valence-electron chi connectivity index (χ3n) is 5.06. The second kappa shape index (κ2) is 9.27. The lowest BCUT2D eigenvalue weighted by atomic mass is 10.0. The standard InChI is InChI=1S/C22H24ClFN2O3/c1-14-11-19(12-15(2)21(14)23)29-13-20(27)26-9-7-18(8-10-26)25-22(28)16-3-5-17(24)6-4-16/h3-6,11-12,18H,7-10,13H2,1-2H3,(H,25,28). The fourth-order valence-electron chi connectivity index (χ4n) is 3.37. The zero-order valence-corrected chi connectivity index (χ0v) is 17.3. The number of carbonyl (C=O) groups is 2. The van der Waals surface area contributed by atoms with Gasteiger partial charge in [-0.2, -0.15) is 0 Å². The number of carbonyl (C=O) groups excluding carboxylic acids is 2. The number of aryl methyl sites for hydroxylation is 2. The number of benzene rings is 2. The van der Waals surface area contributed by atoms with E-state index >= 15 is 0 Å². The van der Waals surface area contributed by atoms with Crippen molar-refractivity contribution >= 4 is 23.4 Å². The molecule has 2 aromatic carbocycles. The van der Waals surface area contributed by atoms with Gasteiger partial charge in [-0.25, -0.2) is 4.39 Å². The van der Waals surface area contributed by atoms with Crippen LogP contribution in [0.3, 0.4) is 0 Å². The molecule has 0 saturated carbocycles. The Morgan fingerprint density at radius 3 is 2.31 bits per heavy atom. The lowest BCUT2D eigenvalue weighted by molar-refractivity contribution is -0.134. The molecule has 1 heterocycles. The van der Waals surface area contributed by atoms with E-state index in [1.807, 2.05) is 26.0 Å². The number of nitrogens with one attached hydrogen (secondary N) is 1. The van der Waals surface area contributed by atoms with Crippen molar-refractivity contribution in [3.05, 3.63) is 63.9 Å². The summed E-state index contributed by atoms with van der Waals surface area (Å²) in [4.78, 5) is 26.4. The highest BCUT2D eigenvalue weighted by atomic mass is 35.5. The van der Waals surface area contributed by atoms with Gasteiger partial charge in [0.15, 0.2) is 6.61 Å². The second-order valence-corrected chi connectivity index (χ2v) is 7.67. The van der Waals surface area contributed by atoms with Gasteiger partial charge in [0, 0.05) is 29.7 Å². The van der Waals surface area contributed by atoms with Crippen molar-refractivity contribution in [1.29, 1.82) is 0 Å². The number of ether oxygens (including phenoxy) is 1. The highest BCUT2D eigenvalue weighted by Crippen LogP contribution is 2.26. The molecule has 0 bridgehead atoms. The third-order valence-corrected chi connectivity index (χ3v) is 5.66. The first-order valence-electron chi connectivity index (χ1n) is 9.57. The molecule has 0 spiro atoms. The summed E-state index contributed by atoms with van der Waals surface area (Å²) in [7, 11) is 0. The van der Waals surface area contributed by atoms with Gasteiger partial charge in [0.1, 0.15) is 11.6 Å². The number of nitrogens with zero attached hydrogens (tertiary/aromatic N) is 1. The molecule has 0 aliphatic carbocycles. The van der Waals surface area contributed by atoms with Crippen LogP contribution in [-0.4, -0.2) is 42.5 Å². The Morgan fingerprint density at radius 2 is 1.72 bits per heavy atom. The molecule has 154 valence electrons. The van der Waals surface area contributed by atoms with Gasteiger partial charge in [0.2, 0.25) is 0 Å². The number of halogens is 2. The van der Waals surface area contributed by atoms with Crippen LogP contribution in [0, 0.1) is 19.7 Å². The molecular weight excluding hydrogens is 395 g/mol. The van der Waals surface area contributed by atoms with Crippen molar-refractivity contribution in [3.63, 3.8) is 0 Å². The molecule has 3 rings (SSSR count). The Hall–Kier alpha value is -2.60. The molecule has 1 saturated heterocycles. The minimum absolute atomic E-state index is 0.0147. The Kier molecular flexibility index (Phi) is 6.75. The molecule has 1 aliphatic rings. The number of hydrogen-bond acceptors (Lipinski definition) is 3. The summed E-state index contributed by atoms with van der Waals surface area (Å²) in [5.74, 6) is -0.0659. The summed E-state index contributed by atoms with van der Waals surface area (Å²) in [6.07, 6.45) is 1.33. The van der Waals surface area contributed by atoms with E-state index in [4.69, 9.17) is 16.3 Å². The van der Waals surface area contributed by atoms with Crippen LogP contribution in [0.2, 0.25) is 5.02 Å². The van der Waals surface area contributed by atoms with Gasteiger partial charge in [-0.1, -0.05) is 11.6 Å². The maximum Gasteiger partial charge on any atom is 0.260 e. The summed E-state index contributed by atoms with van der Waals surface area (Å²) in [6.45, 7) is 4.86. The van der Waals surface area contributed by atoms with Crippen LogP contribution in [0.5, 0.6) is 5.75 Å². The second-order valence-electron chi connectivity index (χ2n) is 7.30. The maximum absolute atomic E-state index is 13.0. The SMILES string of the molecule is Cc1cc(OCC(=O)N2CCC(NC(=O)c3ccc(F)cc3)CC2)cc(C)c1Cl. The normalized spacial score (nSPS) is 14.6. The molecule has 0 radical (unpaired) electrons. The largest absolute Gasteiger partial charge is 0.484 e. The first-order valence-corrected chi connectivity index (χ1v) is 9.95. The zero-order valence-electron chi connectivity index (χ0n) is 16.5. The van der Waals surface area contributed by atoms with Crippen LogP contribution >= 0.6 is 11.6 Å². The Morgan fingerprint density at radius 1 is 1.14 bits per heavy atom. The van der Waals surface area contributed by atoms with E-state index < -0.39 is 0 Å². The fourth-order valence-corrected chi connectivity index (χ4v) is 3.48. The van der Waals surface area contributed by atoms with Crippen molar-refractivity contribution in [2.24, 2.45) is 0 Å². The summed E-state index contributed by atoms with van der Waals surface area (Å²) in [6, 6.07) is 9.07. The van der Waals surface area contributed by atoms with Crippen LogP contribution in [-0.2, 0) is 4.79 Å². The molecule has 1 fully saturated rings. The lowest BCUT2D eigenvalue weighted by Crippen LogP contribution is -2.47. The van der Waals surface area contributed by atoms with E-state index in [9.17, 15) is 14.0 Å².